The minimum absolute atomic E-state index is 0.636. The highest BCUT2D eigenvalue weighted by Gasteiger charge is 2.22. The molecule has 4 heterocycles. The van der Waals surface area contributed by atoms with E-state index in [2.05, 4.69) is 251 Å². The molecule has 6 heteroatoms. The molecule has 0 amide bonds. The van der Waals surface area contributed by atoms with Crippen molar-refractivity contribution in [1.82, 2.24) is 28.7 Å². The van der Waals surface area contributed by atoms with Gasteiger partial charge in [-0.15, -0.1) is 0 Å². The zero-order valence-electron chi connectivity index (χ0n) is 48.0. The van der Waals surface area contributed by atoms with Crippen molar-refractivity contribution in [1.29, 1.82) is 0 Å². The van der Waals surface area contributed by atoms with Gasteiger partial charge in [0, 0.05) is 60.4 Å². The molecule has 0 N–H and O–H groups in total. The lowest BCUT2D eigenvalue weighted by Gasteiger charge is -2.18. The van der Waals surface area contributed by atoms with E-state index in [0.717, 1.165) is 55.9 Å². The quantitative estimate of drug-likeness (QED) is 0.152. The van der Waals surface area contributed by atoms with Crippen molar-refractivity contribution in [3.05, 3.63) is 263 Å². The third kappa shape index (κ3) is 8.27. The molecule has 0 unspecified atom stereocenters. The molecule has 0 radical (unpaired) electrons. The Hall–Kier alpha value is -10.2. The first kappa shape index (κ1) is 49.8. The number of rotatable bonds is 8. The summed E-state index contributed by atoms with van der Waals surface area (Å²) in [4.78, 5) is 15.3. The van der Waals surface area contributed by atoms with Crippen molar-refractivity contribution >= 4 is 65.4 Å². The normalized spacial score (nSPS) is 11.9. The van der Waals surface area contributed by atoms with Gasteiger partial charge in [0.2, 0.25) is 0 Å². The third-order valence-electron chi connectivity index (χ3n) is 17.2. The molecular weight excluding hydrogens is 1010 g/mol. The van der Waals surface area contributed by atoms with Crippen molar-refractivity contribution in [3.8, 4) is 73.5 Å². The Kier molecular flexibility index (Phi) is 11.6. The molecule has 83 heavy (non-hydrogen) atoms. The summed E-state index contributed by atoms with van der Waals surface area (Å²) in [5.41, 5.74) is 27.9. The Morgan fingerprint density at radius 2 is 0.602 bits per heavy atom. The standard InChI is InChI=1S/C77H60N6/c1-45-19-31-68-64(35-45)65-36-46(2)20-32-69(65)81(68)58-25-29-60(49(5)41-58)55-23-27-62-63-28-24-56(61-30-26-59(42-50(61)6)82-70-33-21-47(3)37-66(70)67-38-48(4)22-34-71(67)82)44-73(63)83(72(62)43-55)74-51(7)39-57(40-52(74)8)77-79-75(53-15-11-9-12-16-53)78-76(80-77)54-17-13-10-14-18-54/h9-44H,1-8H3. The predicted molar refractivity (Wildman–Crippen MR) is 348 cm³/mol. The van der Waals surface area contributed by atoms with Crippen LogP contribution < -0.4 is 0 Å². The maximum absolute atomic E-state index is 5.17. The van der Waals surface area contributed by atoms with Crippen LogP contribution in [0.25, 0.3) is 139 Å². The SMILES string of the molecule is Cc1ccc2c(c1)c1cc(C)ccc1n2-c1ccc(-c2ccc3c4ccc(-c5ccc(-n6c7ccc(C)cc7c7cc(C)ccc76)cc5C)cc4n(-c4c(C)cc(-c5nc(-c6ccccc6)nc(-c6ccccc6)n5)cc4C)c3c2)c(C)c1. The molecule has 0 aliphatic heterocycles. The van der Waals surface area contributed by atoms with E-state index in [-0.39, 0.29) is 0 Å². The summed E-state index contributed by atoms with van der Waals surface area (Å²) in [6, 6.07) is 80.3. The van der Waals surface area contributed by atoms with E-state index in [1.807, 2.05) is 36.4 Å². The van der Waals surface area contributed by atoms with Crippen molar-refractivity contribution in [2.24, 2.45) is 0 Å². The lowest BCUT2D eigenvalue weighted by Crippen LogP contribution is -2.04. The van der Waals surface area contributed by atoms with Crippen LogP contribution in [0.2, 0.25) is 0 Å². The fourth-order valence-corrected chi connectivity index (χ4v) is 13.2. The first-order valence-corrected chi connectivity index (χ1v) is 28.7. The molecule has 4 aromatic heterocycles. The number of fused-ring (bicyclic) bond motifs is 9. The average molecular weight is 1070 g/mol. The van der Waals surface area contributed by atoms with Gasteiger partial charge in [-0.05, 0) is 197 Å². The summed E-state index contributed by atoms with van der Waals surface area (Å²) < 4.78 is 7.37. The van der Waals surface area contributed by atoms with Gasteiger partial charge in [0.25, 0.3) is 0 Å². The maximum atomic E-state index is 5.17. The van der Waals surface area contributed by atoms with Crippen LogP contribution in [0.1, 0.15) is 44.5 Å². The third-order valence-corrected chi connectivity index (χ3v) is 17.2. The van der Waals surface area contributed by atoms with Crippen molar-refractivity contribution in [2.45, 2.75) is 55.4 Å². The molecule has 0 fully saturated rings. The molecule has 398 valence electrons. The van der Waals surface area contributed by atoms with Crippen LogP contribution >= 0.6 is 0 Å². The van der Waals surface area contributed by atoms with E-state index in [1.54, 1.807) is 0 Å². The van der Waals surface area contributed by atoms with Crippen LogP contribution in [-0.2, 0) is 0 Å². The highest BCUT2D eigenvalue weighted by atomic mass is 15.0. The minimum Gasteiger partial charge on any atom is -0.309 e. The summed E-state index contributed by atoms with van der Waals surface area (Å²) in [5, 5.41) is 7.52. The van der Waals surface area contributed by atoms with Crippen LogP contribution in [0, 0.1) is 55.4 Å². The molecule has 0 saturated carbocycles. The fourth-order valence-electron chi connectivity index (χ4n) is 13.2. The Morgan fingerprint density at radius 1 is 0.241 bits per heavy atom. The molecule has 0 aliphatic carbocycles. The van der Waals surface area contributed by atoms with Gasteiger partial charge in [-0.25, -0.2) is 15.0 Å². The van der Waals surface area contributed by atoms with Gasteiger partial charge in [0.1, 0.15) is 0 Å². The summed E-state index contributed by atoms with van der Waals surface area (Å²) in [6.07, 6.45) is 0. The zero-order chi connectivity index (χ0) is 56.4. The van der Waals surface area contributed by atoms with Crippen molar-refractivity contribution in [3.63, 3.8) is 0 Å². The predicted octanol–water partition coefficient (Wildman–Crippen LogP) is 20.0. The smallest absolute Gasteiger partial charge is 0.164 e. The van der Waals surface area contributed by atoms with Gasteiger partial charge in [0.15, 0.2) is 17.5 Å². The largest absolute Gasteiger partial charge is 0.309 e. The number of nitrogens with zero attached hydrogens (tertiary/aromatic N) is 6. The van der Waals surface area contributed by atoms with Gasteiger partial charge in [-0.3, -0.25) is 0 Å². The first-order chi connectivity index (χ1) is 40.4. The summed E-state index contributed by atoms with van der Waals surface area (Å²) in [5.74, 6) is 1.92. The zero-order valence-corrected chi connectivity index (χ0v) is 48.0. The van der Waals surface area contributed by atoms with E-state index in [9.17, 15) is 0 Å². The molecular formula is C77H60N6. The highest BCUT2D eigenvalue weighted by molar-refractivity contribution is 6.13. The Balaban J connectivity index is 0.901. The van der Waals surface area contributed by atoms with Gasteiger partial charge in [-0.2, -0.15) is 0 Å². The molecule has 15 rings (SSSR count). The molecule has 0 bridgehead atoms. The summed E-state index contributed by atoms with van der Waals surface area (Å²) in [7, 11) is 0. The van der Waals surface area contributed by atoms with E-state index < -0.39 is 0 Å². The second-order valence-electron chi connectivity index (χ2n) is 23.0. The molecule has 0 aliphatic rings. The van der Waals surface area contributed by atoms with Crippen LogP contribution in [0.5, 0.6) is 0 Å². The van der Waals surface area contributed by atoms with E-state index in [1.165, 1.54) is 110 Å². The van der Waals surface area contributed by atoms with Crippen molar-refractivity contribution < 1.29 is 0 Å². The second kappa shape index (κ2) is 19.2. The minimum atomic E-state index is 0.636. The number of aryl methyl sites for hydroxylation is 8. The topological polar surface area (TPSA) is 53.5 Å². The van der Waals surface area contributed by atoms with Gasteiger partial charge in [-0.1, -0.05) is 144 Å². The van der Waals surface area contributed by atoms with Crippen LogP contribution in [0.15, 0.2) is 218 Å². The molecule has 6 nitrogen and oxygen atoms in total. The number of benzene rings is 11. The summed E-state index contributed by atoms with van der Waals surface area (Å²) >= 11 is 0. The fraction of sp³-hybridized carbons (Fsp3) is 0.104. The van der Waals surface area contributed by atoms with E-state index in [4.69, 9.17) is 15.0 Å². The van der Waals surface area contributed by atoms with Crippen LogP contribution in [0.3, 0.4) is 0 Å². The summed E-state index contributed by atoms with van der Waals surface area (Å²) in [6.45, 7) is 17.7. The van der Waals surface area contributed by atoms with Gasteiger partial charge < -0.3 is 13.7 Å². The maximum Gasteiger partial charge on any atom is 0.164 e. The van der Waals surface area contributed by atoms with Gasteiger partial charge in [0.05, 0.1) is 38.8 Å². The number of aromatic nitrogens is 6. The monoisotopic (exact) mass is 1070 g/mol. The molecule has 0 spiro atoms. The number of hydrogen-bond donors (Lipinski definition) is 0. The molecule has 0 saturated heterocycles. The average Bonchev–Trinajstić information content (AvgIpc) is 3.03. The molecule has 15 aromatic rings. The Bertz CT molecular complexity index is 4740. The van der Waals surface area contributed by atoms with E-state index >= 15 is 0 Å². The molecule has 0 atom stereocenters. The first-order valence-electron chi connectivity index (χ1n) is 28.7. The van der Waals surface area contributed by atoms with E-state index in [0.29, 0.717) is 17.5 Å². The highest BCUT2D eigenvalue weighted by Crippen LogP contribution is 2.43. The second-order valence-corrected chi connectivity index (χ2v) is 23.0. The van der Waals surface area contributed by atoms with Crippen LogP contribution in [-0.4, -0.2) is 28.7 Å². The Labute approximate surface area is 483 Å². The van der Waals surface area contributed by atoms with Gasteiger partial charge >= 0.3 is 0 Å². The molecule has 11 aromatic carbocycles. The van der Waals surface area contributed by atoms with Crippen LogP contribution in [0.4, 0.5) is 0 Å². The lowest BCUT2D eigenvalue weighted by molar-refractivity contribution is 1.07. The van der Waals surface area contributed by atoms with Crippen molar-refractivity contribution in [2.75, 3.05) is 0 Å². The number of hydrogen-bond acceptors (Lipinski definition) is 3. The Morgan fingerprint density at radius 3 is 0.964 bits per heavy atom. The lowest BCUT2D eigenvalue weighted by atomic mass is 9.97.